The molecule has 1 atom stereocenters. The molecule has 0 aliphatic carbocycles. The number of hydrogen-bond acceptors (Lipinski definition) is 5. The molecule has 35 heavy (non-hydrogen) atoms. The quantitative estimate of drug-likeness (QED) is 0.574. The van der Waals surface area contributed by atoms with Crippen LogP contribution in [0.1, 0.15) is 56.5 Å². The molecule has 1 aliphatic heterocycles. The van der Waals surface area contributed by atoms with Gasteiger partial charge in [-0.15, -0.1) is 0 Å². The minimum Gasteiger partial charge on any atom is -0.350 e. The molecular weight excluding hydrogens is 490 g/mol. The molecule has 8 nitrogen and oxygen atoms in total. The van der Waals surface area contributed by atoms with Gasteiger partial charge in [0.2, 0.25) is 11.8 Å². The van der Waals surface area contributed by atoms with E-state index in [9.17, 15) is 22.8 Å². The summed E-state index contributed by atoms with van der Waals surface area (Å²) in [5, 5.41) is 3.45. The lowest BCUT2D eigenvalue weighted by Gasteiger charge is -2.31. The van der Waals surface area contributed by atoms with Crippen LogP contribution in [0.5, 0.6) is 0 Å². The fourth-order valence-corrected chi connectivity index (χ4v) is 5.55. The van der Waals surface area contributed by atoms with Crippen molar-refractivity contribution in [3.63, 3.8) is 0 Å². The summed E-state index contributed by atoms with van der Waals surface area (Å²) in [6.45, 7) is 7.28. The third-order valence-corrected chi connectivity index (χ3v) is 7.69. The van der Waals surface area contributed by atoms with Crippen LogP contribution in [0, 0.1) is 0 Å². The minimum atomic E-state index is -3.93. The maximum absolute atomic E-state index is 13.2. The molecule has 188 valence electrons. The van der Waals surface area contributed by atoms with Crippen LogP contribution in [0.4, 0.5) is 0 Å². The Balaban J connectivity index is 1.72. The predicted molar refractivity (Wildman–Crippen MR) is 133 cm³/mol. The monoisotopic (exact) mass is 519 g/mol. The summed E-state index contributed by atoms with van der Waals surface area (Å²) < 4.78 is 26.3. The Morgan fingerprint density at radius 2 is 1.71 bits per heavy atom. The molecule has 1 N–H and O–H groups in total. The van der Waals surface area contributed by atoms with Crippen molar-refractivity contribution in [2.45, 2.75) is 63.6 Å². The Bertz CT molecular complexity index is 1220. The Morgan fingerprint density at radius 3 is 2.31 bits per heavy atom. The van der Waals surface area contributed by atoms with E-state index in [-0.39, 0.29) is 48.2 Å². The third kappa shape index (κ3) is 6.21. The molecule has 3 rings (SSSR count). The first kappa shape index (κ1) is 26.7. The molecule has 2 aromatic rings. The second-order valence-electron chi connectivity index (χ2n) is 9.55. The molecule has 0 bridgehead atoms. The minimum absolute atomic E-state index is 0.0202. The number of amides is 3. The number of fused-ring (bicyclic) bond motifs is 1. The van der Waals surface area contributed by atoms with E-state index in [1.54, 1.807) is 43.3 Å². The van der Waals surface area contributed by atoms with E-state index in [1.165, 1.54) is 17.0 Å². The van der Waals surface area contributed by atoms with Crippen molar-refractivity contribution >= 4 is 39.3 Å². The standard InChI is InChI=1S/C25H30ClN3O5S/c1-17(23(31)27-25(2,3)4)28(16-18-11-13-19(26)14-12-18)22(30)10-7-15-29-24(32)20-8-5-6-9-21(20)35(29,33)34/h5-6,8-9,11-14,17H,7,10,15-16H2,1-4H3,(H,27,31)/t17-/m0/s1. The van der Waals surface area contributed by atoms with E-state index in [0.717, 1.165) is 9.87 Å². The van der Waals surface area contributed by atoms with E-state index in [0.29, 0.717) is 5.02 Å². The smallest absolute Gasteiger partial charge is 0.269 e. The molecule has 1 aliphatic rings. The normalized spacial score (nSPS) is 15.5. The second kappa shape index (κ2) is 10.4. The van der Waals surface area contributed by atoms with E-state index < -0.39 is 27.5 Å². The molecule has 0 fully saturated rings. The zero-order valence-corrected chi connectivity index (χ0v) is 21.8. The molecule has 0 aromatic heterocycles. The van der Waals surface area contributed by atoms with Crippen molar-refractivity contribution in [2.75, 3.05) is 6.54 Å². The SMILES string of the molecule is C[C@@H](C(=O)NC(C)(C)C)N(Cc1ccc(Cl)cc1)C(=O)CCCN1C(=O)c2ccccc2S1(=O)=O. The summed E-state index contributed by atoms with van der Waals surface area (Å²) in [7, 11) is -3.93. The van der Waals surface area contributed by atoms with Crippen molar-refractivity contribution < 1.29 is 22.8 Å². The summed E-state index contributed by atoms with van der Waals surface area (Å²) in [6, 6.07) is 12.3. The number of carbonyl (C=O) groups excluding carboxylic acids is 3. The Hall–Kier alpha value is -2.91. The number of hydrogen-bond donors (Lipinski definition) is 1. The highest BCUT2D eigenvalue weighted by molar-refractivity contribution is 7.90. The average molecular weight is 520 g/mol. The highest BCUT2D eigenvalue weighted by Gasteiger charge is 2.40. The lowest BCUT2D eigenvalue weighted by molar-refractivity contribution is -0.141. The van der Waals surface area contributed by atoms with Crippen LogP contribution in [-0.4, -0.2) is 53.5 Å². The lowest BCUT2D eigenvalue weighted by atomic mass is 10.1. The predicted octanol–water partition coefficient (Wildman–Crippen LogP) is 3.60. The van der Waals surface area contributed by atoms with Crippen LogP contribution in [0.3, 0.4) is 0 Å². The Kier molecular flexibility index (Phi) is 7.91. The van der Waals surface area contributed by atoms with Crippen molar-refractivity contribution in [3.8, 4) is 0 Å². The van der Waals surface area contributed by atoms with Gasteiger partial charge in [-0.25, -0.2) is 12.7 Å². The van der Waals surface area contributed by atoms with Crippen molar-refractivity contribution in [2.24, 2.45) is 0 Å². The molecule has 2 aromatic carbocycles. The fraction of sp³-hybridized carbons (Fsp3) is 0.400. The van der Waals surface area contributed by atoms with Crippen LogP contribution in [-0.2, 0) is 26.2 Å². The molecule has 10 heteroatoms. The van der Waals surface area contributed by atoms with Crippen LogP contribution in [0.25, 0.3) is 0 Å². The highest BCUT2D eigenvalue weighted by Crippen LogP contribution is 2.30. The summed E-state index contributed by atoms with van der Waals surface area (Å²) >= 11 is 5.97. The van der Waals surface area contributed by atoms with Gasteiger partial charge in [-0.1, -0.05) is 35.9 Å². The zero-order chi connectivity index (χ0) is 26.0. The van der Waals surface area contributed by atoms with E-state index >= 15 is 0 Å². The van der Waals surface area contributed by atoms with Gasteiger partial charge in [-0.2, -0.15) is 0 Å². The molecule has 0 saturated heterocycles. The van der Waals surface area contributed by atoms with Gasteiger partial charge in [0.25, 0.3) is 15.9 Å². The molecular formula is C25H30ClN3O5S. The number of halogens is 1. The van der Waals surface area contributed by atoms with E-state index in [2.05, 4.69) is 5.32 Å². The van der Waals surface area contributed by atoms with E-state index in [1.807, 2.05) is 20.8 Å². The van der Waals surface area contributed by atoms with Crippen LogP contribution in [0.2, 0.25) is 5.02 Å². The first-order valence-corrected chi connectivity index (χ1v) is 13.1. The number of carbonyl (C=O) groups is 3. The van der Waals surface area contributed by atoms with Gasteiger partial charge in [0.1, 0.15) is 10.9 Å². The topological polar surface area (TPSA) is 104 Å². The molecule has 0 saturated carbocycles. The molecule has 3 amide bonds. The van der Waals surface area contributed by atoms with Gasteiger partial charge in [-0.3, -0.25) is 14.4 Å². The van der Waals surface area contributed by atoms with Crippen LogP contribution < -0.4 is 5.32 Å². The number of rotatable bonds is 8. The maximum Gasteiger partial charge on any atom is 0.269 e. The zero-order valence-electron chi connectivity index (χ0n) is 20.2. The lowest BCUT2D eigenvalue weighted by Crippen LogP contribution is -2.52. The second-order valence-corrected chi connectivity index (χ2v) is 11.8. The average Bonchev–Trinajstić information content (AvgIpc) is 2.97. The Morgan fingerprint density at radius 1 is 1.09 bits per heavy atom. The van der Waals surface area contributed by atoms with Crippen molar-refractivity contribution in [1.82, 2.24) is 14.5 Å². The number of benzene rings is 2. The molecule has 1 heterocycles. The number of nitrogens with one attached hydrogen (secondary N) is 1. The molecule has 0 unspecified atom stereocenters. The van der Waals surface area contributed by atoms with Gasteiger partial charge >= 0.3 is 0 Å². The Labute approximate surface area is 211 Å². The third-order valence-electron chi connectivity index (χ3n) is 5.60. The first-order valence-electron chi connectivity index (χ1n) is 11.3. The molecule has 0 spiro atoms. The van der Waals surface area contributed by atoms with Gasteiger partial charge in [-0.05, 0) is 63.9 Å². The van der Waals surface area contributed by atoms with E-state index in [4.69, 9.17) is 11.6 Å². The summed E-state index contributed by atoms with van der Waals surface area (Å²) in [4.78, 5) is 40.1. The first-order chi connectivity index (χ1) is 16.3. The summed E-state index contributed by atoms with van der Waals surface area (Å²) in [5.41, 5.74) is 0.460. The van der Waals surface area contributed by atoms with Gasteiger partial charge in [0.15, 0.2) is 0 Å². The number of sulfonamides is 1. The summed E-state index contributed by atoms with van der Waals surface area (Å²) in [6.07, 6.45) is 0.0961. The number of nitrogens with zero attached hydrogens (tertiary/aromatic N) is 2. The van der Waals surface area contributed by atoms with Crippen LogP contribution >= 0.6 is 11.6 Å². The maximum atomic E-state index is 13.2. The van der Waals surface area contributed by atoms with Gasteiger partial charge in [0, 0.05) is 30.1 Å². The van der Waals surface area contributed by atoms with Crippen LogP contribution in [0.15, 0.2) is 53.4 Å². The fourth-order valence-electron chi connectivity index (χ4n) is 3.81. The van der Waals surface area contributed by atoms with Crippen molar-refractivity contribution in [3.05, 3.63) is 64.7 Å². The van der Waals surface area contributed by atoms with Crippen molar-refractivity contribution in [1.29, 1.82) is 0 Å². The van der Waals surface area contributed by atoms with Gasteiger partial charge < -0.3 is 10.2 Å². The largest absolute Gasteiger partial charge is 0.350 e. The highest BCUT2D eigenvalue weighted by atomic mass is 35.5. The summed E-state index contributed by atoms with van der Waals surface area (Å²) in [5.74, 6) is -1.21. The van der Waals surface area contributed by atoms with Gasteiger partial charge in [0.05, 0.1) is 5.56 Å². The molecule has 0 radical (unpaired) electrons.